The van der Waals surface area contributed by atoms with E-state index < -0.39 is 5.41 Å². The van der Waals surface area contributed by atoms with Gasteiger partial charge < -0.3 is 4.74 Å². The minimum atomic E-state index is -0.481. The Balaban J connectivity index is 1.85. The van der Waals surface area contributed by atoms with Crippen molar-refractivity contribution < 1.29 is 9.53 Å². The molecule has 0 heterocycles. The third-order valence-electron chi connectivity index (χ3n) is 8.65. The van der Waals surface area contributed by atoms with Crippen LogP contribution in [0, 0.1) is 39.4 Å². The number of esters is 1. The van der Waals surface area contributed by atoms with Crippen LogP contribution in [0.1, 0.15) is 107 Å². The molecule has 1 atom stereocenters. The second-order valence-corrected chi connectivity index (χ2v) is 13.4. The van der Waals surface area contributed by atoms with Crippen molar-refractivity contribution in [3.63, 3.8) is 0 Å². The van der Waals surface area contributed by atoms with Crippen LogP contribution in [0.15, 0.2) is 0 Å². The van der Waals surface area contributed by atoms with Crippen LogP contribution in [0.2, 0.25) is 0 Å². The Morgan fingerprint density at radius 2 is 1.22 bits per heavy atom. The number of hydrogen-bond donors (Lipinski definition) is 0. The topological polar surface area (TPSA) is 26.3 Å². The highest BCUT2D eigenvalue weighted by molar-refractivity contribution is 5.78. The van der Waals surface area contributed by atoms with Crippen molar-refractivity contribution in [2.45, 2.75) is 113 Å². The van der Waals surface area contributed by atoms with Gasteiger partial charge in [0, 0.05) is 5.41 Å². The van der Waals surface area contributed by atoms with E-state index in [1.807, 2.05) is 0 Å². The molecular formula is C25H44O2. The van der Waals surface area contributed by atoms with Gasteiger partial charge in [-0.15, -0.1) is 0 Å². The minimum Gasteiger partial charge on any atom is -0.459 e. The van der Waals surface area contributed by atoms with E-state index in [1.54, 1.807) is 0 Å². The van der Waals surface area contributed by atoms with E-state index in [0.29, 0.717) is 0 Å². The zero-order valence-corrected chi connectivity index (χ0v) is 19.5. The summed E-state index contributed by atoms with van der Waals surface area (Å²) in [7, 11) is 0. The maximum absolute atomic E-state index is 13.7. The van der Waals surface area contributed by atoms with Crippen molar-refractivity contribution >= 4 is 5.97 Å². The molecule has 4 aliphatic carbocycles. The molecule has 0 aliphatic heterocycles. The summed E-state index contributed by atoms with van der Waals surface area (Å²) in [6.45, 7) is 19.8. The predicted molar refractivity (Wildman–Crippen MR) is 112 cm³/mol. The maximum atomic E-state index is 13.7. The molecule has 156 valence electrons. The van der Waals surface area contributed by atoms with E-state index in [2.05, 4.69) is 62.3 Å². The van der Waals surface area contributed by atoms with Crippen LogP contribution < -0.4 is 0 Å². The molecule has 4 bridgehead atoms. The molecule has 0 aromatic heterocycles. The summed E-state index contributed by atoms with van der Waals surface area (Å²) in [5.41, 5.74) is -0.686. The lowest BCUT2D eigenvalue weighted by atomic mass is 9.46. The van der Waals surface area contributed by atoms with Gasteiger partial charge in [-0.25, -0.2) is 0 Å². The molecule has 2 heteroatoms. The fourth-order valence-electron chi connectivity index (χ4n) is 7.00. The van der Waals surface area contributed by atoms with Crippen LogP contribution in [0.3, 0.4) is 0 Å². The molecule has 0 spiro atoms. The predicted octanol–water partition coefficient (Wildman–Crippen LogP) is 7.01. The Labute approximate surface area is 168 Å². The smallest absolute Gasteiger partial charge is 0.312 e. The number of ether oxygens (including phenoxy) is 1. The molecule has 4 rings (SSSR count). The Morgan fingerprint density at radius 3 is 1.56 bits per heavy atom. The number of hydrogen-bond acceptors (Lipinski definition) is 2. The molecule has 4 saturated carbocycles. The van der Waals surface area contributed by atoms with Gasteiger partial charge >= 0.3 is 5.97 Å². The van der Waals surface area contributed by atoms with E-state index in [0.717, 1.165) is 24.2 Å². The Hall–Kier alpha value is -0.530. The molecule has 0 aromatic carbocycles. The number of rotatable bonds is 4. The molecule has 0 amide bonds. The second-order valence-electron chi connectivity index (χ2n) is 13.4. The average molecular weight is 377 g/mol. The lowest BCUT2D eigenvalue weighted by Crippen LogP contribution is -2.59. The van der Waals surface area contributed by atoms with Gasteiger partial charge in [0.2, 0.25) is 0 Å². The summed E-state index contributed by atoms with van der Waals surface area (Å²) >= 11 is 0. The molecule has 1 unspecified atom stereocenters. The van der Waals surface area contributed by atoms with Gasteiger partial charge in [-0.1, -0.05) is 41.5 Å². The first kappa shape index (κ1) is 21.2. The summed E-state index contributed by atoms with van der Waals surface area (Å²) in [4.78, 5) is 13.7. The normalized spacial score (nSPS) is 35.8. The van der Waals surface area contributed by atoms with Crippen molar-refractivity contribution in [2.24, 2.45) is 39.4 Å². The van der Waals surface area contributed by atoms with Crippen molar-refractivity contribution in [2.75, 3.05) is 0 Å². The highest BCUT2D eigenvalue weighted by atomic mass is 16.6. The van der Waals surface area contributed by atoms with Crippen molar-refractivity contribution in [1.82, 2.24) is 0 Å². The molecule has 4 aliphatic rings. The molecule has 2 nitrogen and oxygen atoms in total. The van der Waals surface area contributed by atoms with E-state index in [1.165, 1.54) is 38.5 Å². The standard InChI is InChI=1S/C25H44O2/c1-21(2,3)16-24(9,22(4,5)6)20(26)27-23(7,8)25-13-17-10-18(14-25)12-19(11-17)15-25/h17-19H,10-16H2,1-9H3. The quantitative estimate of drug-likeness (QED) is 0.493. The molecule has 0 N–H and O–H groups in total. The molecule has 27 heavy (non-hydrogen) atoms. The summed E-state index contributed by atoms with van der Waals surface area (Å²) < 4.78 is 6.52. The van der Waals surface area contributed by atoms with Crippen LogP contribution in [0.4, 0.5) is 0 Å². The second kappa shape index (κ2) is 6.23. The highest BCUT2D eigenvalue weighted by Gasteiger charge is 2.60. The Kier molecular flexibility index (Phi) is 4.89. The van der Waals surface area contributed by atoms with Crippen molar-refractivity contribution in [3.8, 4) is 0 Å². The van der Waals surface area contributed by atoms with Crippen molar-refractivity contribution in [1.29, 1.82) is 0 Å². The fraction of sp³-hybridized carbons (Fsp3) is 0.960. The van der Waals surface area contributed by atoms with Gasteiger partial charge in [-0.3, -0.25) is 4.79 Å². The van der Waals surface area contributed by atoms with E-state index >= 15 is 0 Å². The first-order valence-corrected chi connectivity index (χ1v) is 11.3. The zero-order chi connectivity index (χ0) is 20.5. The highest BCUT2D eigenvalue weighted by Crippen LogP contribution is 2.64. The summed E-state index contributed by atoms with van der Waals surface area (Å²) in [5, 5.41) is 0. The maximum Gasteiger partial charge on any atom is 0.312 e. The van der Waals surface area contributed by atoms with Gasteiger partial charge in [0.05, 0.1) is 5.41 Å². The summed E-state index contributed by atoms with van der Waals surface area (Å²) in [6.07, 6.45) is 8.92. The van der Waals surface area contributed by atoms with Gasteiger partial charge in [0.1, 0.15) is 5.60 Å². The van der Waals surface area contributed by atoms with E-state index in [9.17, 15) is 4.79 Å². The average Bonchev–Trinajstić information content (AvgIpc) is 2.41. The van der Waals surface area contributed by atoms with Crippen molar-refractivity contribution in [3.05, 3.63) is 0 Å². The lowest BCUT2D eigenvalue weighted by molar-refractivity contribution is -0.213. The third-order valence-corrected chi connectivity index (χ3v) is 8.65. The Morgan fingerprint density at radius 1 is 0.815 bits per heavy atom. The SMILES string of the molecule is CC(C)(C)CC(C)(C(=O)OC(C)(C)C12CC3CC(CC(C3)C1)C2)C(C)(C)C. The van der Waals surface area contributed by atoms with Gasteiger partial charge in [0.25, 0.3) is 0 Å². The fourth-order valence-corrected chi connectivity index (χ4v) is 7.00. The monoisotopic (exact) mass is 376 g/mol. The lowest BCUT2D eigenvalue weighted by Gasteiger charge is -2.62. The molecule has 4 fully saturated rings. The van der Waals surface area contributed by atoms with Gasteiger partial charge in [-0.2, -0.15) is 0 Å². The van der Waals surface area contributed by atoms with E-state index in [4.69, 9.17) is 4.74 Å². The van der Waals surface area contributed by atoms with Crippen LogP contribution in [0.5, 0.6) is 0 Å². The minimum absolute atomic E-state index is 0.0191. The summed E-state index contributed by atoms with van der Waals surface area (Å²) in [6, 6.07) is 0. The number of carbonyl (C=O) groups is 1. The summed E-state index contributed by atoms with van der Waals surface area (Å²) in [5.74, 6) is 2.64. The molecule has 0 saturated heterocycles. The van der Waals surface area contributed by atoms with E-state index in [-0.39, 0.29) is 27.8 Å². The first-order valence-electron chi connectivity index (χ1n) is 11.3. The third kappa shape index (κ3) is 3.71. The zero-order valence-electron chi connectivity index (χ0n) is 19.5. The Bertz CT molecular complexity index is 551. The molecular weight excluding hydrogens is 332 g/mol. The van der Waals surface area contributed by atoms with Gasteiger partial charge in [0.15, 0.2) is 0 Å². The van der Waals surface area contributed by atoms with Crippen LogP contribution >= 0.6 is 0 Å². The van der Waals surface area contributed by atoms with Crippen LogP contribution in [-0.4, -0.2) is 11.6 Å². The van der Waals surface area contributed by atoms with Crippen LogP contribution in [0.25, 0.3) is 0 Å². The van der Waals surface area contributed by atoms with Crippen LogP contribution in [-0.2, 0) is 9.53 Å². The molecule has 0 aromatic rings. The number of carbonyl (C=O) groups excluding carboxylic acids is 1. The first-order chi connectivity index (χ1) is 12.1. The van der Waals surface area contributed by atoms with Gasteiger partial charge in [-0.05, 0) is 94.3 Å². The molecule has 0 radical (unpaired) electrons. The largest absolute Gasteiger partial charge is 0.459 e.